The number of carbonyl (C=O) groups is 1. The first-order chi connectivity index (χ1) is 12.3. The average molecular weight is 369 g/mol. The van der Waals surface area contributed by atoms with Gasteiger partial charge in [-0.15, -0.1) is 0 Å². The highest BCUT2D eigenvalue weighted by atomic mass is 19.4. The quantitative estimate of drug-likeness (QED) is 0.836. The van der Waals surface area contributed by atoms with Gasteiger partial charge in [0.1, 0.15) is 0 Å². The first-order valence-corrected chi connectivity index (χ1v) is 8.57. The molecule has 1 aliphatic heterocycles. The minimum atomic E-state index is -4.65. The van der Waals surface area contributed by atoms with E-state index in [4.69, 9.17) is 10.00 Å². The SMILES string of the molecule is CCC[C@@H](CN1CCOCC1)C(=O)Nc1ccc(C#N)c(C(F)(F)F)c1. The van der Waals surface area contributed by atoms with Crippen molar-refractivity contribution in [2.45, 2.75) is 25.9 Å². The van der Waals surface area contributed by atoms with Gasteiger partial charge in [-0.05, 0) is 24.6 Å². The molecule has 0 bridgehead atoms. The maximum Gasteiger partial charge on any atom is 0.417 e. The number of nitrogens with zero attached hydrogens (tertiary/aromatic N) is 2. The lowest BCUT2D eigenvalue weighted by molar-refractivity contribution is -0.137. The summed E-state index contributed by atoms with van der Waals surface area (Å²) in [6.45, 7) is 5.22. The number of rotatable bonds is 6. The van der Waals surface area contributed by atoms with Gasteiger partial charge in [-0.2, -0.15) is 18.4 Å². The third-order valence-corrected chi connectivity index (χ3v) is 4.30. The summed E-state index contributed by atoms with van der Waals surface area (Å²) in [6, 6.07) is 4.74. The summed E-state index contributed by atoms with van der Waals surface area (Å²) < 4.78 is 44.5. The summed E-state index contributed by atoms with van der Waals surface area (Å²) in [6.07, 6.45) is -3.21. The van der Waals surface area contributed by atoms with Gasteiger partial charge < -0.3 is 10.1 Å². The molecule has 1 aliphatic rings. The van der Waals surface area contributed by atoms with Crippen molar-refractivity contribution in [3.63, 3.8) is 0 Å². The second kappa shape index (κ2) is 9.01. The monoisotopic (exact) mass is 369 g/mol. The zero-order valence-corrected chi connectivity index (χ0v) is 14.6. The number of carbonyl (C=O) groups excluding carboxylic acids is 1. The van der Waals surface area contributed by atoms with Crippen molar-refractivity contribution < 1.29 is 22.7 Å². The average Bonchev–Trinajstić information content (AvgIpc) is 2.61. The minimum absolute atomic E-state index is 0.0457. The Balaban J connectivity index is 2.11. The number of benzene rings is 1. The van der Waals surface area contributed by atoms with Crippen LogP contribution in [0.3, 0.4) is 0 Å². The zero-order chi connectivity index (χ0) is 19.2. The largest absolute Gasteiger partial charge is 0.417 e. The predicted molar refractivity (Wildman–Crippen MR) is 90.4 cm³/mol. The van der Waals surface area contributed by atoms with E-state index in [-0.39, 0.29) is 17.5 Å². The Morgan fingerprint density at radius 3 is 2.65 bits per heavy atom. The molecule has 0 unspecified atom stereocenters. The van der Waals surface area contributed by atoms with Crippen LogP contribution in [-0.4, -0.2) is 43.7 Å². The van der Waals surface area contributed by atoms with E-state index in [0.29, 0.717) is 26.2 Å². The van der Waals surface area contributed by atoms with E-state index in [9.17, 15) is 18.0 Å². The fourth-order valence-corrected chi connectivity index (χ4v) is 2.95. The molecule has 1 saturated heterocycles. The summed E-state index contributed by atoms with van der Waals surface area (Å²) in [5.41, 5.74) is -1.46. The van der Waals surface area contributed by atoms with Crippen LogP contribution in [0.1, 0.15) is 30.9 Å². The molecule has 1 amide bonds. The van der Waals surface area contributed by atoms with Crippen molar-refractivity contribution >= 4 is 11.6 Å². The van der Waals surface area contributed by atoms with Gasteiger partial charge in [0, 0.05) is 25.3 Å². The molecular formula is C18H22F3N3O2. The second-order valence-electron chi connectivity index (χ2n) is 6.26. The molecule has 0 aliphatic carbocycles. The molecule has 142 valence electrons. The number of hydrogen-bond acceptors (Lipinski definition) is 4. The minimum Gasteiger partial charge on any atom is -0.379 e. The lowest BCUT2D eigenvalue weighted by Crippen LogP contribution is -2.42. The Morgan fingerprint density at radius 1 is 1.38 bits per heavy atom. The molecule has 8 heteroatoms. The molecule has 1 aromatic carbocycles. The first-order valence-electron chi connectivity index (χ1n) is 8.57. The van der Waals surface area contributed by atoms with Crippen LogP contribution in [0.15, 0.2) is 18.2 Å². The van der Waals surface area contributed by atoms with Crippen LogP contribution in [0.2, 0.25) is 0 Å². The van der Waals surface area contributed by atoms with Crippen molar-refractivity contribution in [3.8, 4) is 6.07 Å². The molecule has 0 saturated carbocycles. The molecule has 0 radical (unpaired) electrons. The molecule has 0 aromatic heterocycles. The Morgan fingerprint density at radius 2 is 2.08 bits per heavy atom. The summed E-state index contributed by atoms with van der Waals surface area (Å²) in [5, 5.41) is 11.4. The normalized spacial score (nSPS) is 16.7. The van der Waals surface area contributed by atoms with Crippen LogP contribution >= 0.6 is 0 Å². The van der Waals surface area contributed by atoms with E-state index in [1.165, 1.54) is 12.1 Å². The number of morpholine rings is 1. The summed E-state index contributed by atoms with van der Waals surface area (Å²) in [4.78, 5) is 14.7. The van der Waals surface area contributed by atoms with Gasteiger partial charge in [-0.25, -0.2) is 0 Å². The van der Waals surface area contributed by atoms with E-state index in [0.717, 1.165) is 31.6 Å². The highest BCUT2D eigenvalue weighted by Gasteiger charge is 2.34. The van der Waals surface area contributed by atoms with E-state index < -0.39 is 17.3 Å². The van der Waals surface area contributed by atoms with Crippen molar-refractivity contribution in [3.05, 3.63) is 29.3 Å². The third kappa shape index (κ3) is 5.44. The molecule has 1 atom stereocenters. The molecular weight excluding hydrogens is 347 g/mol. The fraction of sp³-hybridized carbons (Fsp3) is 0.556. The Kier molecular flexibility index (Phi) is 7.00. The van der Waals surface area contributed by atoms with Crippen molar-refractivity contribution in [1.82, 2.24) is 4.90 Å². The number of anilines is 1. The van der Waals surface area contributed by atoms with Gasteiger partial charge in [-0.1, -0.05) is 13.3 Å². The molecule has 1 aromatic rings. The van der Waals surface area contributed by atoms with Crippen LogP contribution in [0, 0.1) is 17.2 Å². The third-order valence-electron chi connectivity index (χ3n) is 4.30. The Hall–Kier alpha value is -2.11. The first kappa shape index (κ1) is 20.2. The summed E-state index contributed by atoms with van der Waals surface area (Å²) in [5.74, 6) is -0.626. The molecule has 1 fully saturated rings. The van der Waals surface area contributed by atoms with Crippen LogP contribution < -0.4 is 5.32 Å². The predicted octanol–water partition coefficient (Wildman–Crippen LogP) is 3.26. The van der Waals surface area contributed by atoms with Gasteiger partial charge in [0.25, 0.3) is 0 Å². The molecule has 1 heterocycles. The van der Waals surface area contributed by atoms with Gasteiger partial charge in [0.2, 0.25) is 5.91 Å². The van der Waals surface area contributed by atoms with Crippen LogP contribution in [-0.2, 0) is 15.7 Å². The van der Waals surface area contributed by atoms with Gasteiger partial charge in [0.05, 0.1) is 36.3 Å². The number of amides is 1. The van der Waals surface area contributed by atoms with Crippen molar-refractivity contribution in [2.24, 2.45) is 5.92 Å². The Labute approximate surface area is 150 Å². The van der Waals surface area contributed by atoms with Gasteiger partial charge in [0.15, 0.2) is 0 Å². The standard InChI is InChI=1S/C18H22F3N3O2/c1-2-3-14(12-24-6-8-26-9-7-24)17(25)23-15-5-4-13(11-22)16(10-15)18(19,20)21/h4-5,10,14H,2-3,6-9,12H2,1H3,(H,23,25)/t14-/m0/s1. The number of halogens is 3. The molecule has 1 N–H and O–H groups in total. The number of nitriles is 1. The number of alkyl halides is 3. The second-order valence-corrected chi connectivity index (χ2v) is 6.26. The zero-order valence-electron chi connectivity index (χ0n) is 14.6. The highest BCUT2D eigenvalue weighted by molar-refractivity contribution is 5.92. The lowest BCUT2D eigenvalue weighted by atomic mass is 10.0. The van der Waals surface area contributed by atoms with Crippen molar-refractivity contribution in [2.75, 3.05) is 38.2 Å². The topological polar surface area (TPSA) is 65.4 Å². The summed E-state index contributed by atoms with van der Waals surface area (Å²) >= 11 is 0. The van der Waals surface area contributed by atoms with Gasteiger partial charge in [-0.3, -0.25) is 9.69 Å². The van der Waals surface area contributed by atoms with E-state index >= 15 is 0 Å². The van der Waals surface area contributed by atoms with Crippen molar-refractivity contribution in [1.29, 1.82) is 5.26 Å². The number of ether oxygens (including phenoxy) is 1. The van der Waals surface area contributed by atoms with Crippen LogP contribution in [0.25, 0.3) is 0 Å². The number of hydrogen-bond donors (Lipinski definition) is 1. The highest BCUT2D eigenvalue weighted by Crippen LogP contribution is 2.33. The molecule has 5 nitrogen and oxygen atoms in total. The van der Waals surface area contributed by atoms with E-state index in [1.807, 2.05) is 6.92 Å². The fourth-order valence-electron chi connectivity index (χ4n) is 2.95. The molecule has 2 rings (SSSR count). The Bertz CT molecular complexity index is 665. The maximum absolute atomic E-state index is 13.1. The smallest absolute Gasteiger partial charge is 0.379 e. The molecule has 0 spiro atoms. The summed E-state index contributed by atoms with van der Waals surface area (Å²) in [7, 11) is 0. The van der Waals surface area contributed by atoms with Crippen LogP contribution in [0.4, 0.5) is 18.9 Å². The lowest BCUT2D eigenvalue weighted by Gasteiger charge is -2.30. The molecule has 26 heavy (non-hydrogen) atoms. The number of nitrogens with one attached hydrogen (secondary N) is 1. The van der Waals surface area contributed by atoms with E-state index in [2.05, 4.69) is 10.2 Å². The van der Waals surface area contributed by atoms with Crippen LogP contribution in [0.5, 0.6) is 0 Å². The maximum atomic E-state index is 13.1. The van der Waals surface area contributed by atoms with E-state index in [1.54, 1.807) is 0 Å². The van der Waals surface area contributed by atoms with Gasteiger partial charge >= 0.3 is 6.18 Å².